The van der Waals surface area contributed by atoms with E-state index < -0.39 is 35.8 Å². The van der Waals surface area contributed by atoms with Gasteiger partial charge in [0.15, 0.2) is 5.78 Å². The van der Waals surface area contributed by atoms with E-state index in [1.165, 1.54) is 0 Å². The van der Waals surface area contributed by atoms with Gasteiger partial charge in [0.1, 0.15) is 20.2 Å². The molecule has 17 heavy (non-hydrogen) atoms. The maximum absolute atomic E-state index is 11.0. The van der Waals surface area contributed by atoms with E-state index in [1.54, 1.807) is 0 Å². The number of carbonyl (C=O) groups excluding carboxylic acids is 1. The molecule has 0 amide bonds. The van der Waals surface area contributed by atoms with E-state index in [9.17, 15) is 30.7 Å². The fourth-order valence-corrected chi connectivity index (χ4v) is 2.22. The van der Waals surface area contributed by atoms with Gasteiger partial charge in [-0.15, -0.1) is 0 Å². The van der Waals surface area contributed by atoms with Crippen LogP contribution in [0, 0.1) is 0 Å². The van der Waals surface area contributed by atoms with Gasteiger partial charge in [-0.1, -0.05) is 0 Å². The van der Waals surface area contributed by atoms with Crippen LogP contribution >= 0.6 is 0 Å². The molecular formula is C8H6O7S2-2. The molecule has 0 aliphatic heterocycles. The zero-order chi connectivity index (χ0) is 13.4. The summed E-state index contributed by atoms with van der Waals surface area (Å²) in [6.07, 6.45) is 0. The zero-order valence-corrected chi connectivity index (χ0v) is 10.0. The third-order valence-corrected chi connectivity index (χ3v) is 3.49. The third kappa shape index (κ3) is 3.33. The molecule has 0 aliphatic rings. The predicted octanol–water partition coefficient (Wildman–Crippen LogP) is -0.303. The number of Topliss-reactive ketones (excluding diaryl/α,β-unsaturated/α-hetero) is 1. The van der Waals surface area contributed by atoms with Crippen LogP contribution in [0.1, 0.15) is 17.3 Å². The summed E-state index contributed by atoms with van der Waals surface area (Å²) < 4.78 is 64.3. The summed E-state index contributed by atoms with van der Waals surface area (Å²) in [5, 5.41) is 0. The second-order valence-corrected chi connectivity index (χ2v) is 5.92. The molecule has 0 fully saturated rings. The van der Waals surface area contributed by atoms with E-state index in [1.807, 2.05) is 0 Å². The van der Waals surface area contributed by atoms with Gasteiger partial charge < -0.3 is 9.11 Å². The summed E-state index contributed by atoms with van der Waals surface area (Å²) in [7, 11) is -9.89. The molecule has 9 heteroatoms. The first-order chi connectivity index (χ1) is 7.51. The van der Waals surface area contributed by atoms with Crippen LogP contribution in [-0.4, -0.2) is 31.7 Å². The first kappa shape index (κ1) is 13.8. The summed E-state index contributed by atoms with van der Waals surface area (Å²) in [4.78, 5) is 9.15. The molecule has 1 aromatic carbocycles. The lowest BCUT2D eigenvalue weighted by atomic mass is 10.1. The molecule has 7 nitrogen and oxygen atoms in total. The lowest BCUT2D eigenvalue weighted by molar-refractivity contribution is 0.101. The number of benzene rings is 1. The van der Waals surface area contributed by atoms with Crippen LogP contribution in [0.25, 0.3) is 0 Å². The molecule has 0 saturated carbocycles. The highest BCUT2D eigenvalue weighted by atomic mass is 32.2. The third-order valence-electron chi connectivity index (χ3n) is 1.86. The highest BCUT2D eigenvalue weighted by molar-refractivity contribution is 7.86. The second kappa shape index (κ2) is 4.18. The maximum atomic E-state index is 11.0. The second-order valence-electron chi connectivity index (χ2n) is 3.16. The molecule has 1 rings (SSSR count). The van der Waals surface area contributed by atoms with Crippen molar-refractivity contribution < 1.29 is 30.7 Å². The fraction of sp³-hybridized carbons (Fsp3) is 0.125. The Morgan fingerprint density at radius 1 is 0.941 bits per heavy atom. The van der Waals surface area contributed by atoms with Crippen LogP contribution in [0.4, 0.5) is 0 Å². The number of hydrogen-bond donors (Lipinski definition) is 0. The average Bonchev–Trinajstić information content (AvgIpc) is 2.14. The van der Waals surface area contributed by atoms with Crippen LogP contribution in [0.2, 0.25) is 0 Å². The van der Waals surface area contributed by atoms with Gasteiger partial charge in [-0.25, -0.2) is 16.8 Å². The molecule has 1 aromatic rings. The van der Waals surface area contributed by atoms with Crippen molar-refractivity contribution >= 4 is 26.0 Å². The minimum atomic E-state index is -4.95. The molecule has 0 aromatic heterocycles. The predicted molar refractivity (Wildman–Crippen MR) is 52.4 cm³/mol. The van der Waals surface area contributed by atoms with E-state index >= 15 is 0 Å². The average molecular weight is 278 g/mol. The van der Waals surface area contributed by atoms with Crippen molar-refractivity contribution in [2.45, 2.75) is 16.7 Å². The van der Waals surface area contributed by atoms with Gasteiger partial charge in [0.05, 0.1) is 9.79 Å². The number of hydrogen-bond acceptors (Lipinski definition) is 7. The fourth-order valence-electron chi connectivity index (χ4n) is 1.06. The topological polar surface area (TPSA) is 131 Å². The van der Waals surface area contributed by atoms with Crippen LogP contribution in [-0.2, 0) is 20.2 Å². The van der Waals surface area contributed by atoms with E-state index in [0.29, 0.717) is 6.07 Å². The molecule has 0 aliphatic carbocycles. The van der Waals surface area contributed by atoms with Gasteiger partial charge in [-0.3, -0.25) is 4.79 Å². The van der Waals surface area contributed by atoms with Crippen LogP contribution in [0.5, 0.6) is 0 Å². The summed E-state index contributed by atoms with van der Waals surface area (Å²) >= 11 is 0. The van der Waals surface area contributed by atoms with Gasteiger partial charge in [-0.05, 0) is 25.1 Å². The lowest BCUT2D eigenvalue weighted by Gasteiger charge is -2.13. The van der Waals surface area contributed by atoms with Crippen LogP contribution < -0.4 is 0 Å². The highest BCUT2D eigenvalue weighted by Gasteiger charge is 2.12. The monoisotopic (exact) mass is 278 g/mol. The lowest BCUT2D eigenvalue weighted by Crippen LogP contribution is -2.06. The Labute approximate surface area is 97.6 Å². The van der Waals surface area contributed by atoms with Gasteiger partial charge in [0.2, 0.25) is 0 Å². The van der Waals surface area contributed by atoms with Crippen molar-refractivity contribution in [1.29, 1.82) is 0 Å². The standard InChI is InChI=1S/C8H8O7S2/c1-5(9)6-2-7(16(10,11)12)4-8(3-6)17(13,14)15/h2-4H,1H3,(H,10,11,12)(H,13,14,15)/p-2. The van der Waals surface area contributed by atoms with Crippen molar-refractivity contribution in [2.75, 3.05) is 0 Å². The van der Waals surface area contributed by atoms with E-state index in [-0.39, 0.29) is 5.56 Å². The molecule has 94 valence electrons. The molecular weight excluding hydrogens is 272 g/mol. The number of rotatable bonds is 3. The van der Waals surface area contributed by atoms with Gasteiger partial charge >= 0.3 is 0 Å². The molecule has 0 unspecified atom stereocenters. The molecule has 0 bridgehead atoms. The molecule has 0 saturated heterocycles. The van der Waals surface area contributed by atoms with Crippen molar-refractivity contribution in [3.8, 4) is 0 Å². The SMILES string of the molecule is CC(=O)c1cc(S(=O)(=O)[O-])cc(S(=O)(=O)[O-])c1. The Balaban J connectivity index is 3.68. The Bertz CT molecular complexity index is 620. The smallest absolute Gasteiger partial charge is 0.159 e. The van der Waals surface area contributed by atoms with Gasteiger partial charge in [0, 0.05) is 5.56 Å². The Morgan fingerprint density at radius 2 is 1.29 bits per heavy atom. The Morgan fingerprint density at radius 3 is 1.53 bits per heavy atom. The summed E-state index contributed by atoms with van der Waals surface area (Å²) in [5.41, 5.74) is -0.337. The number of carbonyl (C=O) groups is 1. The van der Waals surface area contributed by atoms with Crippen molar-refractivity contribution in [3.05, 3.63) is 23.8 Å². The largest absolute Gasteiger partial charge is 0.744 e. The summed E-state index contributed by atoms with van der Waals surface area (Å²) in [6, 6.07) is 1.87. The molecule has 0 N–H and O–H groups in total. The van der Waals surface area contributed by atoms with Gasteiger partial charge in [0.25, 0.3) is 0 Å². The summed E-state index contributed by atoms with van der Waals surface area (Å²) in [6.45, 7) is 1.04. The molecule has 0 spiro atoms. The van der Waals surface area contributed by atoms with Crippen molar-refractivity contribution in [2.24, 2.45) is 0 Å². The molecule has 0 heterocycles. The van der Waals surface area contributed by atoms with Crippen molar-refractivity contribution in [3.63, 3.8) is 0 Å². The Hall–Kier alpha value is -1.29. The first-order valence-corrected chi connectivity index (χ1v) is 6.91. The molecule has 0 atom stereocenters. The van der Waals surface area contributed by atoms with E-state index in [0.717, 1.165) is 19.1 Å². The zero-order valence-electron chi connectivity index (χ0n) is 8.41. The quantitative estimate of drug-likeness (QED) is 0.547. The minimum absolute atomic E-state index is 0.337. The summed E-state index contributed by atoms with van der Waals surface area (Å²) in [5.74, 6) is -0.666. The van der Waals surface area contributed by atoms with Gasteiger partial charge in [-0.2, -0.15) is 0 Å². The highest BCUT2D eigenvalue weighted by Crippen LogP contribution is 2.19. The normalized spacial score (nSPS) is 12.4. The number of ketones is 1. The minimum Gasteiger partial charge on any atom is -0.744 e. The maximum Gasteiger partial charge on any atom is 0.159 e. The van der Waals surface area contributed by atoms with Crippen LogP contribution in [0.15, 0.2) is 28.0 Å². The van der Waals surface area contributed by atoms with E-state index in [2.05, 4.69) is 0 Å². The van der Waals surface area contributed by atoms with E-state index in [4.69, 9.17) is 0 Å². The molecule has 0 radical (unpaired) electrons. The Kier molecular flexibility index (Phi) is 3.39. The van der Waals surface area contributed by atoms with Crippen LogP contribution in [0.3, 0.4) is 0 Å². The first-order valence-electron chi connectivity index (χ1n) is 4.09. The van der Waals surface area contributed by atoms with Crippen molar-refractivity contribution in [1.82, 2.24) is 0 Å².